The van der Waals surface area contributed by atoms with Crippen LogP contribution in [0.1, 0.15) is 30.6 Å². The topological polar surface area (TPSA) is 32.3 Å². The van der Waals surface area contributed by atoms with Gasteiger partial charge >= 0.3 is 0 Å². The maximum atomic E-state index is 10.2. The molecule has 2 heteroatoms. The van der Waals surface area contributed by atoms with Gasteiger partial charge in [-0.2, -0.15) is 0 Å². The molecule has 0 aliphatic carbocycles. The smallest absolute Gasteiger partial charge is 0.0940 e. The molecule has 0 bridgehead atoms. The molecule has 2 unspecified atom stereocenters. The van der Waals surface area contributed by atoms with Crippen LogP contribution in [0.2, 0.25) is 0 Å². The fraction of sp³-hybridized carbons (Fsp3) is 0.263. The quantitative estimate of drug-likeness (QED) is 0.757. The zero-order valence-electron chi connectivity index (χ0n) is 12.4. The first-order chi connectivity index (χ1) is 10.3. The Labute approximate surface area is 127 Å². The fourth-order valence-electron chi connectivity index (χ4n) is 2.23. The van der Waals surface area contributed by atoms with Gasteiger partial charge in [-0.25, -0.2) is 0 Å². The van der Waals surface area contributed by atoms with Gasteiger partial charge in [-0.1, -0.05) is 72.8 Å². The van der Waals surface area contributed by atoms with Crippen molar-refractivity contribution in [3.05, 3.63) is 77.9 Å². The zero-order valence-corrected chi connectivity index (χ0v) is 12.4. The van der Waals surface area contributed by atoms with Gasteiger partial charge in [-0.3, -0.25) is 0 Å². The molecule has 0 amide bonds. The minimum atomic E-state index is -0.468. The van der Waals surface area contributed by atoms with Crippen molar-refractivity contribution in [3.8, 4) is 0 Å². The summed E-state index contributed by atoms with van der Waals surface area (Å²) in [6.07, 6.45) is 4.76. The second kappa shape index (κ2) is 8.40. The monoisotopic (exact) mass is 281 g/mol. The maximum Gasteiger partial charge on any atom is 0.0940 e. The van der Waals surface area contributed by atoms with Crippen molar-refractivity contribution in [1.29, 1.82) is 0 Å². The third-order valence-electron chi connectivity index (χ3n) is 3.50. The molecule has 0 heterocycles. The summed E-state index contributed by atoms with van der Waals surface area (Å²) in [5.74, 6) is 0. The summed E-state index contributed by atoms with van der Waals surface area (Å²) >= 11 is 0. The molecular formula is C19H23NO. The Morgan fingerprint density at radius 1 is 1.00 bits per heavy atom. The highest BCUT2D eigenvalue weighted by Crippen LogP contribution is 2.15. The first kappa shape index (κ1) is 15.5. The molecule has 21 heavy (non-hydrogen) atoms. The summed E-state index contributed by atoms with van der Waals surface area (Å²) in [5, 5.41) is 13.6. The number of hydrogen-bond acceptors (Lipinski definition) is 2. The molecule has 0 fully saturated rings. The summed E-state index contributed by atoms with van der Waals surface area (Å²) in [7, 11) is 0. The lowest BCUT2D eigenvalue weighted by atomic mass is 10.0. The Morgan fingerprint density at radius 2 is 1.62 bits per heavy atom. The molecule has 0 aliphatic heterocycles. The number of aliphatic hydroxyl groups is 1. The van der Waals surface area contributed by atoms with Crippen molar-refractivity contribution in [1.82, 2.24) is 5.32 Å². The maximum absolute atomic E-state index is 10.2. The highest BCUT2D eigenvalue weighted by atomic mass is 16.3. The highest BCUT2D eigenvalue weighted by Gasteiger charge is 2.14. The number of nitrogens with one attached hydrogen (secondary N) is 1. The zero-order chi connectivity index (χ0) is 14.9. The average molecular weight is 281 g/mol. The van der Waals surface area contributed by atoms with Gasteiger partial charge in [-0.05, 0) is 31.0 Å². The largest absolute Gasteiger partial charge is 0.387 e. The van der Waals surface area contributed by atoms with Gasteiger partial charge in [0.25, 0.3) is 0 Å². The van der Waals surface area contributed by atoms with Crippen LogP contribution in [0.5, 0.6) is 0 Å². The molecule has 0 aromatic heterocycles. The van der Waals surface area contributed by atoms with E-state index in [0.29, 0.717) is 0 Å². The second-order valence-electron chi connectivity index (χ2n) is 5.20. The Hall–Kier alpha value is -1.90. The van der Waals surface area contributed by atoms with Crippen LogP contribution in [0.4, 0.5) is 0 Å². The molecule has 0 saturated heterocycles. The SMILES string of the molecule is CC(NCC/C=C/c1ccccc1)C(O)c1ccccc1. The predicted octanol–water partition coefficient (Wildman–Crippen LogP) is 3.80. The van der Waals surface area contributed by atoms with Crippen molar-refractivity contribution >= 4 is 6.08 Å². The van der Waals surface area contributed by atoms with Gasteiger partial charge in [-0.15, -0.1) is 0 Å². The molecule has 0 saturated carbocycles. The van der Waals surface area contributed by atoms with E-state index >= 15 is 0 Å². The minimum absolute atomic E-state index is 0.0394. The van der Waals surface area contributed by atoms with E-state index in [1.807, 2.05) is 55.5 Å². The Balaban J connectivity index is 1.72. The van der Waals surface area contributed by atoms with E-state index in [4.69, 9.17) is 0 Å². The Bertz CT molecular complexity index is 536. The lowest BCUT2D eigenvalue weighted by molar-refractivity contribution is 0.136. The molecule has 2 nitrogen and oxygen atoms in total. The third-order valence-corrected chi connectivity index (χ3v) is 3.50. The van der Waals surface area contributed by atoms with Crippen LogP contribution < -0.4 is 5.32 Å². The van der Waals surface area contributed by atoms with Gasteiger partial charge in [0, 0.05) is 6.04 Å². The molecule has 2 N–H and O–H groups in total. The van der Waals surface area contributed by atoms with Crippen LogP contribution in [-0.4, -0.2) is 17.7 Å². The van der Waals surface area contributed by atoms with Crippen molar-refractivity contribution in [2.45, 2.75) is 25.5 Å². The van der Waals surface area contributed by atoms with Crippen LogP contribution in [-0.2, 0) is 0 Å². The van der Waals surface area contributed by atoms with Gasteiger partial charge in [0.1, 0.15) is 0 Å². The molecular weight excluding hydrogens is 258 g/mol. The van der Waals surface area contributed by atoms with Gasteiger partial charge in [0.05, 0.1) is 6.10 Å². The lowest BCUT2D eigenvalue weighted by Crippen LogP contribution is -2.32. The fourth-order valence-corrected chi connectivity index (χ4v) is 2.23. The third kappa shape index (κ3) is 5.18. The number of aliphatic hydroxyl groups excluding tert-OH is 1. The van der Waals surface area contributed by atoms with Crippen molar-refractivity contribution in [3.63, 3.8) is 0 Å². The molecule has 2 rings (SSSR count). The predicted molar refractivity (Wildman–Crippen MR) is 89.0 cm³/mol. The van der Waals surface area contributed by atoms with Crippen LogP contribution in [0.25, 0.3) is 6.08 Å². The highest BCUT2D eigenvalue weighted by molar-refractivity contribution is 5.48. The van der Waals surface area contributed by atoms with Crippen LogP contribution >= 0.6 is 0 Å². The normalized spacial score (nSPS) is 14.2. The van der Waals surface area contributed by atoms with E-state index in [1.54, 1.807) is 0 Å². The van der Waals surface area contributed by atoms with E-state index in [-0.39, 0.29) is 6.04 Å². The summed E-state index contributed by atoms with van der Waals surface area (Å²) in [5.41, 5.74) is 2.17. The van der Waals surface area contributed by atoms with E-state index in [9.17, 15) is 5.11 Å². The molecule has 2 aromatic carbocycles. The summed E-state index contributed by atoms with van der Waals surface area (Å²) in [4.78, 5) is 0. The molecule has 0 spiro atoms. The molecule has 0 radical (unpaired) electrons. The minimum Gasteiger partial charge on any atom is -0.387 e. The van der Waals surface area contributed by atoms with Gasteiger partial charge in [0.15, 0.2) is 0 Å². The summed E-state index contributed by atoms with van der Waals surface area (Å²) in [6.45, 7) is 2.87. The molecule has 0 aliphatic rings. The van der Waals surface area contributed by atoms with E-state index in [2.05, 4.69) is 29.6 Å². The van der Waals surface area contributed by atoms with Crippen LogP contribution in [0, 0.1) is 0 Å². The number of hydrogen-bond donors (Lipinski definition) is 2. The molecule has 110 valence electrons. The molecule has 2 atom stereocenters. The Kier molecular flexibility index (Phi) is 6.20. The van der Waals surface area contributed by atoms with E-state index < -0.39 is 6.10 Å². The van der Waals surface area contributed by atoms with Crippen LogP contribution in [0.3, 0.4) is 0 Å². The first-order valence-corrected chi connectivity index (χ1v) is 7.45. The molecule has 2 aromatic rings. The lowest BCUT2D eigenvalue weighted by Gasteiger charge is -2.20. The van der Waals surface area contributed by atoms with Crippen molar-refractivity contribution < 1.29 is 5.11 Å². The van der Waals surface area contributed by atoms with E-state index in [0.717, 1.165) is 18.5 Å². The van der Waals surface area contributed by atoms with Gasteiger partial charge in [0.2, 0.25) is 0 Å². The number of benzene rings is 2. The first-order valence-electron chi connectivity index (χ1n) is 7.45. The average Bonchev–Trinajstić information content (AvgIpc) is 2.55. The summed E-state index contributed by atoms with van der Waals surface area (Å²) in [6, 6.07) is 20.1. The van der Waals surface area contributed by atoms with Gasteiger partial charge < -0.3 is 10.4 Å². The number of rotatable bonds is 7. The Morgan fingerprint density at radius 3 is 2.29 bits per heavy atom. The second-order valence-corrected chi connectivity index (χ2v) is 5.20. The van der Waals surface area contributed by atoms with Crippen molar-refractivity contribution in [2.75, 3.05) is 6.54 Å². The standard InChI is InChI=1S/C19H23NO/c1-16(19(21)18-13-6-3-7-14-18)20-15-9-8-12-17-10-4-2-5-11-17/h2-8,10-14,16,19-21H,9,15H2,1H3/b12-8+. The van der Waals surface area contributed by atoms with Crippen LogP contribution in [0.15, 0.2) is 66.7 Å². The van der Waals surface area contributed by atoms with Crippen molar-refractivity contribution in [2.24, 2.45) is 0 Å². The summed E-state index contributed by atoms with van der Waals surface area (Å²) < 4.78 is 0. The van der Waals surface area contributed by atoms with E-state index in [1.165, 1.54) is 5.56 Å².